The smallest absolute Gasteiger partial charge is 0.273 e. The molecule has 0 radical (unpaired) electrons. The van der Waals surface area contributed by atoms with Crippen molar-refractivity contribution in [2.75, 3.05) is 14.2 Å². The first-order chi connectivity index (χ1) is 19.6. The molecular formula is C33H35N3O4. The van der Waals surface area contributed by atoms with Gasteiger partial charge in [0.25, 0.3) is 11.5 Å². The minimum absolute atomic E-state index is 0.0872. The summed E-state index contributed by atoms with van der Waals surface area (Å²) < 4.78 is 12.3. The van der Waals surface area contributed by atoms with Crippen molar-refractivity contribution in [1.29, 1.82) is 0 Å². The number of rotatable bonds is 9. The molecule has 4 aromatic rings. The Hall–Kier alpha value is -4.39. The average molecular weight is 538 g/mol. The molecule has 1 saturated carbocycles. The molecule has 1 heterocycles. The van der Waals surface area contributed by atoms with E-state index in [2.05, 4.69) is 5.32 Å². The summed E-state index contributed by atoms with van der Waals surface area (Å²) in [6.45, 7) is 0.258. The fourth-order valence-corrected chi connectivity index (χ4v) is 5.27. The van der Waals surface area contributed by atoms with Crippen LogP contribution in [0.3, 0.4) is 0 Å². The molecule has 0 atom stereocenters. The first-order valence-corrected chi connectivity index (χ1v) is 13.8. The van der Waals surface area contributed by atoms with E-state index in [9.17, 15) is 9.59 Å². The van der Waals surface area contributed by atoms with Crippen LogP contribution >= 0.6 is 0 Å². The van der Waals surface area contributed by atoms with Crippen molar-refractivity contribution in [2.24, 2.45) is 0 Å². The van der Waals surface area contributed by atoms with E-state index in [1.54, 1.807) is 18.8 Å². The van der Waals surface area contributed by atoms with Crippen LogP contribution in [0.5, 0.6) is 11.5 Å². The molecule has 1 aromatic heterocycles. The van der Waals surface area contributed by atoms with Crippen molar-refractivity contribution in [2.45, 2.75) is 51.1 Å². The predicted molar refractivity (Wildman–Crippen MR) is 156 cm³/mol. The van der Waals surface area contributed by atoms with Gasteiger partial charge in [0.05, 0.1) is 20.8 Å². The lowest BCUT2D eigenvalue weighted by Crippen LogP contribution is -2.41. The zero-order valence-corrected chi connectivity index (χ0v) is 23.1. The van der Waals surface area contributed by atoms with Crippen LogP contribution in [0.1, 0.15) is 59.4 Å². The highest BCUT2D eigenvalue weighted by Gasteiger charge is 2.26. The lowest BCUT2D eigenvalue weighted by atomic mass is 9.95. The molecule has 5 rings (SSSR count). The highest BCUT2D eigenvalue weighted by Crippen LogP contribution is 2.26. The van der Waals surface area contributed by atoms with Crippen LogP contribution in [-0.4, -0.2) is 35.7 Å². The van der Waals surface area contributed by atoms with Crippen molar-refractivity contribution in [3.8, 4) is 22.8 Å². The maximum Gasteiger partial charge on any atom is 0.273 e. The van der Waals surface area contributed by atoms with E-state index in [0.29, 0.717) is 23.6 Å². The summed E-state index contributed by atoms with van der Waals surface area (Å²) >= 11 is 0. The lowest BCUT2D eigenvalue weighted by Gasteiger charge is -2.25. The molecule has 40 heavy (non-hydrogen) atoms. The van der Waals surface area contributed by atoms with Crippen molar-refractivity contribution < 1.29 is 14.3 Å². The molecule has 3 aromatic carbocycles. The molecule has 1 aliphatic carbocycles. The molecule has 0 aliphatic heterocycles. The minimum Gasteiger partial charge on any atom is -0.497 e. The quantitative estimate of drug-likeness (QED) is 0.299. The summed E-state index contributed by atoms with van der Waals surface area (Å²) in [5.74, 6) is 1.18. The number of ether oxygens (including phenoxy) is 2. The number of methoxy groups -OCH3 is 2. The summed E-state index contributed by atoms with van der Waals surface area (Å²) in [7, 11) is 3.24. The first kappa shape index (κ1) is 27.2. The SMILES string of the molecule is COc1ccc(Cc2nc(-c3ccc(OC)cc3)c(C(=O)NC3CCCCC3)n(Cc3ccccc3)c2=O)cc1. The molecule has 7 nitrogen and oxygen atoms in total. The van der Waals surface area contributed by atoms with Crippen molar-refractivity contribution >= 4 is 5.91 Å². The van der Waals surface area contributed by atoms with Gasteiger partial charge in [-0.1, -0.05) is 61.7 Å². The van der Waals surface area contributed by atoms with E-state index in [4.69, 9.17) is 14.5 Å². The van der Waals surface area contributed by atoms with Gasteiger partial charge >= 0.3 is 0 Å². The zero-order chi connectivity index (χ0) is 27.9. The van der Waals surface area contributed by atoms with Crippen LogP contribution in [0.4, 0.5) is 0 Å². The molecule has 0 unspecified atom stereocenters. The van der Waals surface area contributed by atoms with Crippen LogP contribution in [0.2, 0.25) is 0 Å². The zero-order valence-electron chi connectivity index (χ0n) is 23.1. The maximum atomic E-state index is 14.1. The van der Waals surface area contributed by atoms with E-state index < -0.39 is 0 Å². The van der Waals surface area contributed by atoms with Crippen LogP contribution in [0.15, 0.2) is 83.7 Å². The Morgan fingerprint density at radius 3 is 2.10 bits per heavy atom. The number of benzene rings is 3. The van der Waals surface area contributed by atoms with Crippen LogP contribution in [0, 0.1) is 0 Å². The van der Waals surface area contributed by atoms with E-state index in [1.165, 1.54) is 6.42 Å². The van der Waals surface area contributed by atoms with Gasteiger partial charge < -0.3 is 14.8 Å². The van der Waals surface area contributed by atoms with Crippen molar-refractivity contribution in [1.82, 2.24) is 14.9 Å². The average Bonchev–Trinajstić information content (AvgIpc) is 3.00. The van der Waals surface area contributed by atoms with Gasteiger partial charge in [0.15, 0.2) is 0 Å². The predicted octanol–water partition coefficient (Wildman–Crippen LogP) is 5.63. The minimum atomic E-state index is -0.272. The Labute approximate surface area is 234 Å². The second kappa shape index (κ2) is 12.6. The molecule has 1 amide bonds. The van der Waals surface area contributed by atoms with Gasteiger partial charge in [0.2, 0.25) is 0 Å². The number of aromatic nitrogens is 2. The number of hydrogen-bond donors (Lipinski definition) is 1. The molecule has 0 bridgehead atoms. The van der Waals surface area contributed by atoms with Gasteiger partial charge in [0, 0.05) is 18.0 Å². The topological polar surface area (TPSA) is 82.4 Å². The summed E-state index contributed by atoms with van der Waals surface area (Å²) in [6.07, 6.45) is 5.57. The Kier molecular flexibility index (Phi) is 8.59. The maximum absolute atomic E-state index is 14.1. The Morgan fingerprint density at radius 1 is 0.850 bits per heavy atom. The summed E-state index contributed by atoms with van der Waals surface area (Å²) in [5, 5.41) is 3.23. The molecule has 7 heteroatoms. The van der Waals surface area contributed by atoms with E-state index >= 15 is 0 Å². The highest BCUT2D eigenvalue weighted by molar-refractivity contribution is 5.98. The lowest BCUT2D eigenvalue weighted by molar-refractivity contribution is 0.0917. The molecular weight excluding hydrogens is 502 g/mol. The fourth-order valence-electron chi connectivity index (χ4n) is 5.27. The summed E-state index contributed by atoms with van der Waals surface area (Å²) in [4.78, 5) is 32.9. The second-order valence-corrected chi connectivity index (χ2v) is 10.2. The Balaban J connectivity index is 1.66. The van der Waals surface area contributed by atoms with Gasteiger partial charge in [-0.05, 0) is 60.4 Å². The van der Waals surface area contributed by atoms with Crippen LogP contribution in [0.25, 0.3) is 11.3 Å². The largest absolute Gasteiger partial charge is 0.497 e. The van der Waals surface area contributed by atoms with Gasteiger partial charge in [0.1, 0.15) is 28.6 Å². The van der Waals surface area contributed by atoms with Gasteiger partial charge in [-0.3, -0.25) is 14.2 Å². The highest BCUT2D eigenvalue weighted by atomic mass is 16.5. The van der Waals surface area contributed by atoms with Crippen LogP contribution in [-0.2, 0) is 13.0 Å². The molecule has 0 saturated heterocycles. The molecule has 0 spiro atoms. The summed E-state index contributed by atoms with van der Waals surface area (Å²) in [5.41, 5.74) is 3.47. The van der Waals surface area contributed by atoms with E-state index in [0.717, 1.165) is 48.1 Å². The molecule has 1 aliphatic rings. The third-order valence-corrected chi connectivity index (χ3v) is 7.47. The first-order valence-electron chi connectivity index (χ1n) is 13.8. The number of carbonyl (C=O) groups is 1. The number of nitrogens with zero attached hydrogens (tertiary/aromatic N) is 2. The standard InChI is InChI=1S/C33H35N3O4/c1-39-27-17-13-23(14-18-27)21-29-33(38)36(22-24-9-5-3-6-10-24)31(32(37)34-26-11-7-4-8-12-26)30(35-29)25-15-19-28(40-2)20-16-25/h3,5-6,9-10,13-20,26H,4,7-8,11-12,21-22H2,1-2H3,(H,34,37). The van der Waals surface area contributed by atoms with Crippen LogP contribution < -0.4 is 20.3 Å². The monoisotopic (exact) mass is 537 g/mol. The van der Waals surface area contributed by atoms with E-state index in [-0.39, 0.29) is 29.7 Å². The number of nitrogens with one attached hydrogen (secondary N) is 1. The van der Waals surface area contributed by atoms with Gasteiger partial charge in [-0.15, -0.1) is 0 Å². The molecule has 1 fully saturated rings. The third-order valence-electron chi connectivity index (χ3n) is 7.47. The number of hydrogen-bond acceptors (Lipinski definition) is 5. The number of carbonyl (C=O) groups excluding carboxylic acids is 1. The van der Waals surface area contributed by atoms with E-state index in [1.807, 2.05) is 78.9 Å². The van der Waals surface area contributed by atoms with Gasteiger partial charge in [-0.25, -0.2) is 4.98 Å². The fraction of sp³-hybridized carbons (Fsp3) is 0.303. The Morgan fingerprint density at radius 2 is 1.48 bits per heavy atom. The van der Waals surface area contributed by atoms with Gasteiger partial charge in [-0.2, -0.15) is 0 Å². The molecule has 1 N–H and O–H groups in total. The normalized spacial score (nSPS) is 13.6. The summed E-state index contributed by atoms with van der Waals surface area (Å²) in [6, 6.07) is 24.9. The third kappa shape index (κ3) is 6.25. The molecule has 206 valence electrons. The number of amides is 1. The van der Waals surface area contributed by atoms with Crippen molar-refractivity contribution in [3.63, 3.8) is 0 Å². The van der Waals surface area contributed by atoms with Crippen molar-refractivity contribution in [3.05, 3.63) is 112 Å². The second-order valence-electron chi connectivity index (χ2n) is 10.2. The Bertz CT molecular complexity index is 1490.